The number of benzene rings is 3. The van der Waals surface area contributed by atoms with E-state index in [0.717, 1.165) is 15.9 Å². The summed E-state index contributed by atoms with van der Waals surface area (Å²) < 4.78 is 9.84. The summed E-state index contributed by atoms with van der Waals surface area (Å²) in [6.07, 6.45) is -0.0132. The molecule has 3 rings (SSSR count). The molecule has 2 amide bonds. The van der Waals surface area contributed by atoms with Gasteiger partial charge in [-0.05, 0) is 6.92 Å². The van der Waals surface area contributed by atoms with Crippen LogP contribution in [0.15, 0.2) is 91.0 Å². The first-order valence-electron chi connectivity index (χ1n) is 14.9. The van der Waals surface area contributed by atoms with Crippen molar-refractivity contribution in [1.82, 2.24) is 10.6 Å². The van der Waals surface area contributed by atoms with Crippen LogP contribution in [0, 0.1) is 0 Å². The number of hydrogen-bond acceptors (Lipinski definition) is 9. The van der Waals surface area contributed by atoms with Crippen LogP contribution < -0.4 is 32.3 Å². The van der Waals surface area contributed by atoms with Crippen molar-refractivity contribution in [3.05, 3.63) is 91.0 Å². The fraction of sp³-hybridized carbons (Fsp3) is 0.333. The van der Waals surface area contributed by atoms with Crippen molar-refractivity contribution in [2.75, 3.05) is 31.0 Å². The number of carbonyl (C=O) groups excluding carboxylic acids is 4. The van der Waals surface area contributed by atoms with Gasteiger partial charge in [-0.15, -0.1) is 0 Å². The van der Waals surface area contributed by atoms with Crippen molar-refractivity contribution in [1.29, 1.82) is 0 Å². The predicted molar refractivity (Wildman–Crippen MR) is 194 cm³/mol. The SMILES string of the molecule is CCOC(=O)CNC(=O)[C@H](CSSCP(Br)(c1ccccc1)(c1ccccc1)c1ccccc1)NC(=O)CC[C@H](N)C(=O)OCC. The summed E-state index contributed by atoms with van der Waals surface area (Å²) in [4.78, 5) is 49.8. The molecule has 0 saturated carbocycles. The van der Waals surface area contributed by atoms with Gasteiger partial charge in [0, 0.05) is 0 Å². The zero-order chi connectivity index (χ0) is 33.4. The molecule has 0 fully saturated rings. The van der Waals surface area contributed by atoms with Crippen LogP contribution in [0.25, 0.3) is 0 Å². The second-order valence-corrected chi connectivity index (χ2v) is 22.1. The van der Waals surface area contributed by atoms with Gasteiger partial charge in [0.05, 0.1) is 6.61 Å². The number of halogens is 1. The summed E-state index contributed by atoms with van der Waals surface area (Å²) in [5.41, 5.74) is 6.50. The van der Waals surface area contributed by atoms with E-state index in [-0.39, 0.29) is 38.4 Å². The molecule has 0 aliphatic rings. The van der Waals surface area contributed by atoms with Crippen LogP contribution in [0.2, 0.25) is 0 Å². The van der Waals surface area contributed by atoms with Gasteiger partial charge in [-0.3, -0.25) is 0 Å². The van der Waals surface area contributed by atoms with E-state index in [1.54, 1.807) is 24.6 Å². The van der Waals surface area contributed by atoms with Crippen molar-refractivity contribution in [2.24, 2.45) is 5.73 Å². The average Bonchev–Trinajstić information content (AvgIpc) is 3.08. The van der Waals surface area contributed by atoms with Gasteiger partial charge in [-0.1, -0.05) is 0 Å². The van der Waals surface area contributed by atoms with E-state index in [1.807, 2.05) is 54.6 Å². The third-order valence-electron chi connectivity index (χ3n) is 7.13. The molecule has 0 aromatic heterocycles. The Morgan fingerprint density at radius 3 is 1.78 bits per heavy atom. The van der Waals surface area contributed by atoms with Gasteiger partial charge < -0.3 is 0 Å². The summed E-state index contributed by atoms with van der Waals surface area (Å²) in [6, 6.07) is 29.2. The van der Waals surface area contributed by atoms with Gasteiger partial charge in [0.2, 0.25) is 0 Å². The average molecular weight is 751 g/mol. The zero-order valence-electron chi connectivity index (χ0n) is 25.9. The summed E-state index contributed by atoms with van der Waals surface area (Å²) in [6.45, 7) is 3.41. The van der Waals surface area contributed by atoms with Gasteiger partial charge >= 0.3 is 274 Å². The molecule has 0 unspecified atom stereocenters. The summed E-state index contributed by atoms with van der Waals surface area (Å²) >= 11 is 4.41. The Balaban J connectivity index is 1.82. The summed E-state index contributed by atoms with van der Waals surface area (Å²) in [5, 5.41) is 5.59. The summed E-state index contributed by atoms with van der Waals surface area (Å²) in [5.74, 6) is -1.91. The molecule has 0 heterocycles. The van der Waals surface area contributed by atoms with Gasteiger partial charge in [0.15, 0.2) is 0 Å². The van der Waals surface area contributed by atoms with Crippen molar-refractivity contribution in [3.63, 3.8) is 0 Å². The molecule has 0 aliphatic heterocycles. The number of hydrogen-bond donors (Lipinski definition) is 3. The van der Waals surface area contributed by atoms with E-state index in [2.05, 4.69) is 62.5 Å². The molecular weight excluding hydrogens is 709 g/mol. The summed E-state index contributed by atoms with van der Waals surface area (Å²) in [7, 11) is 3.05. The number of ether oxygens (including phenoxy) is 2. The van der Waals surface area contributed by atoms with E-state index in [1.165, 1.54) is 10.8 Å². The molecule has 13 heteroatoms. The first-order chi connectivity index (χ1) is 22.1. The third kappa shape index (κ3) is 9.81. The quantitative estimate of drug-likeness (QED) is 0.0764. The molecule has 0 aliphatic carbocycles. The minimum Gasteiger partial charge on any atom is -0.0305 e. The van der Waals surface area contributed by atoms with Gasteiger partial charge in [0.25, 0.3) is 0 Å². The Bertz CT molecular complexity index is 1340. The van der Waals surface area contributed by atoms with Crippen LogP contribution >= 0.6 is 42.4 Å². The van der Waals surface area contributed by atoms with E-state index < -0.39 is 41.1 Å². The Morgan fingerprint density at radius 1 is 0.804 bits per heavy atom. The molecule has 0 bridgehead atoms. The molecule has 9 nitrogen and oxygen atoms in total. The van der Waals surface area contributed by atoms with Crippen molar-refractivity contribution in [3.8, 4) is 0 Å². The molecule has 3 aromatic rings. The number of esters is 2. The first-order valence-corrected chi connectivity index (χ1v) is 21.9. The monoisotopic (exact) mass is 749 g/mol. The van der Waals surface area contributed by atoms with Crippen molar-refractivity contribution >= 4 is 82.0 Å². The number of rotatable bonds is 18. The second-order valence-electron chi connectivity index (χ2n) is 10.3. The van der Waals surface area contributed by atoms with Crippen LogP contribution in [-0.4, -0.2) is 66.8 Å². The van der Waals surface area contributed by atoms with Crippen LogP contribution in [0.1, 0.15) is 26.7 Å². The molecule has 4 N–H and O–H groups in total. The van der Waals surface area contributed by atoms with E-state index in [4.69, 9.17) is 15.2 Å². The maximum atomic E-state index is 13.2. The third-order valence-corrected chi connectivity index (χ3v) is 21.6. The van der Waals surface area contributed by atoms with Crippen LogP contribution in [0.4, 0.5) is 0 Å². The van der Waals surface area contributed by atoms with Gasteiger partial charge in [-0.2, -0.15) is 0 Å². The minimum atomic E-state index is -3.21. The molecule has 0 spiro atoms. The van der Waals surface area contributed by atoms with E-state index in [9.17, 15) is 19.2 Å². The standard InChI is InChI=1S/C33H41BrN3O6PS2/c1-3-42-31(39)22-36-32(40)29(37-30(38)21-20-28(35)33(41)43-4-2)23-45-46-24-44(34,25-14-8-5-9-15-25,26-16-10-6-11-17-26)27-18-12-7-13-19-27/h5-19,28-29H,3-4,20-24,35H2,1-2H3,(H,36,40)(H,37,38)/t28-,29-/m0/s1. The molecule has 2 atom stereocenters. The van der Waals surface area contributed by atoms with Crippen molar-refractivity contribution < 1.29 is 28.7 Å². The molecule has 46 heavy (non-hydrogen) atoms. The molecule has 0 radical (unpaired) electrons. The number of nitrogens with one attached hydrogen (secondary N) is 2. The Morgan fingerprint density at radius 2 is 1.30 bits per heavy atom. The Kier molecular flexibility index (Phi) is 15.1. The number of amides is 2. The second kappa shape index (κ2) is 18.4. The predicted octanol–water partition coefficient (Wildman–Crippen LogP) is 4.00. The van der Waals surface area contributed by atoms with Crippen LogP contribution in [0.5, 0.6) is 0 Å². The van der Waals surface area contributed by atoms with Crippen LogP contribution in [0.3, 0.4) is 0 Å². The zero-order valence-corrected chi connectivity index (χ0v) is 30.0. The van der Waals surface area contributed by atoms with E-state index >= 15 is 0 Å². The molecule has 248 valence electrons. The maximum absolute atomic E-state index is 13.2. The molecular formula is C33H41BrN3O6PS2. The smallest absolute Gasteiger partial charge is 0.0305 e. The van der Waals surface area contributed by atoms with Crippen molar-refractivity contribution in [2.45, 2.75) is 38.8 Å². The van der Waals surface area contributed by atoms with Gasteiger partial charge in [-0.25, -0.2) is 0 Å². The normalized spacial score (nSPS) is 13.3. The fourth-order valence-electron chi connectivity index (χ4n) is 4.74. The molecule has 3 aromatic carbocycles. The fourth-order valence-corrected chi connectivity index (χ4v) is 18.9. The topological polar surface area (TPSA) is 137 Å². The molecule has 0 saturated heterocycles. The van der Waals surface area contributed by atoms with Gasteiger partial charge in [0.1, 0.15) is 0 Å². The number of carbonyl (C=O) groups is 4. The Hall–Kier alpha value is -2.89. The first kappa shape index (κ1) is 37.6. The Labute approximate surface area is 286 Å². The van der Waals surface area contributed by atoms with E-state index in [0.29, 0.717) is 5.49 Å². The van der Waals surface area contributed by atoms with Crippen LogP contribution in [-0.2, 0) is 28.7 Å². The number of nitrogens with two attached hydrogens (primary N) is 1. The minimum absolute atomic E-state index is 0.0627.